The van der Waals surface area contributed by atoms with Gasteiger partial charge in [-0.05, 0) is 12.8 Å². The molecule has 0 unspecified atom stereocenters. The summed E-state index contributed by atoms with van der Waals surface area (Å²) in [6.45, 7) is 3.70. The maximum absolute atomic E-state index is 11.2. The Balaban J connectivity index is 4.22. The van der Waals surface area contributed by atoms with E-state index in [2.05, 4.69) is 18.5 Å². The Morgan fingerprint density at radius 1 is 1.47 bits per heavy atom. The molecule has 0 aliphatic carbocycles. The SMILES string of the molecule is C=CCN(C#CCCCCCl)S(C)(=O)=O. The molecular formula is C10H16ClNO2S. The minimum absolute atomic E-state index is 0.224. The number of rotatable bonds is 6. The van der Waals surface area contributed by atoms with E-state index in [0.29, 0.717) is 12.3 Å². The Morgan fingerprint density at radius 2 is 2.13 bits per heavy atom. The molecule has 0 aliphatic heterocycles. The summed E-state index contributed by atoms with van der Waals surface area (Å²) in [5, 5.41) is 0. The van der Waals surface area contributed by atoms with Crippen molar-refractivity contribution in [2.24, 2.45) is 0 Å². The van der Waals surface area contributed by atoms with E-state index in [1.807, 2.05) is 0 Å². The predicted octanol–water partition coefficient (Wildman–Crippen LogP) is 1.80. The van der Waals surface area contributed by atoms with Crippen LogP contribution in [0, 0.1) is 12.0 Å². The number of unbranched alkanes of at least 4 members (excludes halogenated alkanes) is 2. The number of alkyl halides is 1. The summed E-state index contributed by atoms with van der Waals surface area (Å²) in [6.07, 6.45) is 5.09. The average Bonchev–Trinajstić information content (AvgIpc) is 2.14. The highest BCUT2D eigenvalue weighted by atomic mass is 35.5. The van der Waals surface area contributed by atoms with Crippen LogP contribution in [-0.4, -0.2) is 31.4 Å². The second kappa shape index (κ2) is 7.61. The van der Waals surface area contributed by atoms with Crippen molar-refractivity contribution in [3.8, 4) is 12.0 Å². The van der Waals surface area contributed by atoms with Crippen molar-refractivity contribution in [1.82, 2.24) is 4.31 Å². The molecule has 0 heterocycles. The predicted molar refractivity (Wildman–Crippen MR) is 64.1 cm³/mol. The molecule has 0 aromatic rings. The van der Waals surface area contributed by atoms with Gasteiger partial charge in [-0.25, -0.2) is 12.7 Å². The Morgan fingerprint density at radius 3 is 2.60 bits per heavy atom. The van der Waals surface area contributed by atoms with Crippen molar-refractivity contribution in [2.45, 2.75) is 19.3 Å². The largest absolute Gasteiger partial charge is 0.239 e. The van der Waals surface area contributed by atoms with Crippen LogP contribution in [-0.2, 0) is 10.0 Å². The summed E-state index contributed by atoms with van der Waals surface area (Å²) in [5.41, 5.74) is 0. The molecule has 0 saturated carbocycles. The quantitative estimate of drug-likeness (QED) is 0.237. The third kappa shape index (κ3) is 7.29. The summed E-state index contributed by atoms with van der Waals surface area (Å²) in [4.78, 5) is 0. The van der Waals surface area contributed by atoms with Gasteiger partial charge >= 0.3 is 0 Å². The van der Waals surface area contributed by atoms with Crippen LogP contribution in [0.25, 0.3) is 0 Å². The van der Waals surface area contributed by atoms with E-state index in [1.165, 1.54) is 6.08 Å². The van der Waals surface area contributed by atoms with Gasteiger partial charge in [0.05, 0.1) is 12.8 Å². The highest BCUT2D eigenvalue weighted by Gasteiger charge is 2.09. The minimum Gasteiger partial charge on any atom is -0.225 e. The van der Waals surface area contributed by atoms with Gasteiger partial charge in [0, 0.05) is 18.3 Å². The molecule has 0 radical (unpaired) electrons. The average molecular weight is 250 g/mol. The second-order valence-electron chi connectivity index (χ2n) is 3.02. The molecular weight excluding hydrogens is 234 g/mol. The molecule has 0 fully saturated rings. The number of hydrogen-bond donors (Lipinski definition) is 0. The molecule has 5 heteroatoms. The van der Waals surface area contributed by atoms with E-state index in [9.17, 15) is 8.42 Å². The normalized spacial score (nSPS) is 10.3. The van der Waals surface area contributed by atoms with E-state index >= 15 is 0 Å². The number of halogens is 1. The molecule has 0 saturated heterocycles. The van der Waals surface area contributed by atoms with E-state index in [0.717, 1.165) is 23.4 Å². The minimum atomic E-state index is -3.26. The van der Waals surface area contributed by atoms with Gasteiger partial charge in [-0.3, -0.25) is 0 Å². The van der Waals surface area contributed by atoms with Crippen molar-refractivity contribution in [1.29, 1.82) is 0 Å². The van der Waals surface area contributed by atoms with Crippen LogP contribution in [0.3, 0.4) is 0 Å². The van der Waals surface area contributed by atoms with Crippen molar-refractivity contribution >= 4 is 21.6 Å². The molecule has 0 rings (SSSR count). The van der Waals surface area contributed by atoms with E-state index in [4.69, 9.17) is 11.6 Å². The van der Waals surface area contributed by atoms with Crippen molar-refractivity contribution in [3.05, 3.63) is 12.7 Å². The Kier molecular flexibility index (Phi) is 7.27. The molecule has 0 amide bonds. The molecule has 0 N–H and O–H groups in total. The zero-order chi connectivity index (χ0) is 11.7. The monoisotopic (exact) mass is 249 g/mol. The lowest BCUT2D eigenvalue weighted by Gasteiger charge is -2.11. The standard InChI is InChI=1S/C10H16ClNO2S/c1-3-9-12(15(2,13)14)10-7-5-4-6-8-11/h3H,1,4-6,8-9H2,2H3. The first kappa shape index (κ1) is 14.3. The first-order valence-corrected chi connectivity index (χ1v) is 7.03. The third-order valence-corrected chi connectivity index (χ3v) is 2.89. The van der Waals surface area contributed by atoms with Crippen LogP contribution in [0.1, 0.15) is 19.3 Å². The van der Waals surface area contributed by atoms with Crippen molar-refractivity contribution in [2.75, 3.05) is 18.7 Å². The van der Waals surface area contributed by atoms with Gasteiger partial charge in [0.2, 0.25) is 10.0 Å². The summed E-state index contributed by atoms with van der Waals surface area (Å²) in [6, 6.07) is 2.60. The second-order valence-corrected chi connectivity index (χ2v) is 5.30. The van der Waals surface area contributed by atoms with Crippen LogP contribution in [0.5, 0.6) is 0 Å². The van der Waals surface area contributed by atoms with E-state index in [1.54, 1.807) is 0 Å². The molecule has 0 atom stereocenters. The van der Waals surface area contributed by atoms with E-state index < -0.39 is 10.0 Å². The van der Waals surface area contributed by atoms with Crippen LogP contribution in [0.4, 0.5) is 0 Å². The maximum Gasteiger partial charge on any atom is 0.239 e. The highest BCUT2D eigenvalue weighted by Crippen LogP contribution is 1.98. The molecule has 15 heavy (non-hydrogen) atoms. The summed E-state index contributed by atoms with van der Waals surface area (Å²) >= 11 is 5.50. The fourth-order valence-corrected chi connectivity index (χ4v) is 1.63. The smallest absolute Gasteiger partial charge is 0.225 e. The van der Waals surface area contributed by atoms with Gasteiger partial charge in [0.15, 0.2) is 0 Å². The molecule has 0 spiro atoms. The van der Waals surface area contributed by atoms with Crippen LogP contribution in [0.15, 0.2) is 12.7 Å². The summed E-state index contributed by atoms with van der Waals surface area (Å²) in [7, 11) is -3.26. The molecule has 86 valence electrons. The highest BCUT2D eigenvalue weighted by molar-refractivity contribution is 7.88. The Labute approximate surface area is 97.2 Å². The summed E-state index contributed by atoms with van der Waals surface area (Å²) in [5.74, 6) is 3.42. The lowest BCUT2D eigenvalue weighted by atomic mass is 10.3. The Hall–Kier alpha value is -0.660. The third-order valence-electron chi connectivity index (χ3n) is 1.58. The van der Waals surface area contributed by atoms with Gasteiger partial charge in [-0.1, -0.05) is 12.0 Å². The molecule has 0 aromatic heterocycles. The molecule has 0 aromatic carbocycles. The van der Waals surface area contributed by atoms with E-state index in [-0.39, 0.29) is 6.54 Å². The number of sulfonamides is 1. The Bertz CT molecular complexity index is 340. The summed E-state index contributed by atoms with van der Waals surface area (Å²) < 4.78 is 23.5. The topological polar surface area (TPSA) is 37.4 Å². The number of nitrogens with zero attached hydrogens (tertiary/aromatic N) is 1. The zero-order valence-corrected chi connectivity index (χ0v) is 10.4. The van der Waals surface area contributed by atoms with Crippen LogP contribution >= 0.6 is 11.6 Å². The van der Waals surface area contributed by atoms with Crippen molar-refractivity contribution < 1.29 is 8.42 Å². The fraction of sp³-hybridized carbons (Fsp3) is 0.600. The number of hydrogen-bond acceptors (Lipinski definition) is 2. The molecule has 0 bridgehead atoms. The molecule has 0 aliphatic rings. The first-order chi connectivity index (χ1) is 7.02. The molecule has 3 nitrogen and oxygen atoms in total. The fourth-order valence-electron chi connectivity index (χ4n) is 0.833. The lowest BCUT2D eigenvalue weighted by molar-refractivity contribution is 0.539. The van der Waals surface area contributed by atoms with Gasteiger partial charge in [0.1, 0.15) is 0 Å². The maximum atomic E-state index is 11.2. The van der Waals surface area contributed by atoms with Gasteiger partial charge in [-0.15, -0.1) is 18.2 Å². The van der Waals surface area contributed by atoms with Crippen LogP contribution in [0.2, 0.25) is 0 Å². The van der Waals surface area contributed by atoms with Gasteiger partial charge in [0.25, 0.3) is 0 Å². The first-order valence-electron chi connectivity index (χ1n) is 4.65. The van der Waals surface area contributed by atoms with Gasteiger partial charge < -0.3 is 0 Å². The lowest BCUT2D eigenvalue weighted by Crippen LogP contribution is -2.25. The zero-order valence-electron chi connectivity index (χ0n) is 8.87. The van der Waals surface area contributed by atoms with Crippen LogP contribution < -0.4 is 0 Å². The van der Waals surface area contributed by atoms with Crippen molar-refractivity contribution in [3.63, 3.8) is 0 Å². The van der Waals surface area contributed by atoms with Gasteiger partial charge in [-0.2, -0.15) is 0 Å².